The molecule has 1 heterocycles. The van der Waals surface area contributed by atoms with Crippen molar-refractivity contribution in [3.8, 4) is 0 Å². The third kappa shape index (κ3) is 5.97. The van der Waals surface area contributed by atoms with E-state index in [1.54, 1.807) is 23.5 Å². The maximum Gasteiger partial charge on any atom is 0.445 e. The Hall–Kier alpha value is 0.860. The molecule has 0 aromatic carbocycles. The van der Waals surface area contributed by atoms with Crippen LogP contribution in [0.4, 0.5) is 4.79 Å². The van der Waals surface area contributed by atoms with Gasteiger partial charge in [-0.3, -0.25) is 4.84 Å². The highest BCUT2D eigenvalue weighted by Crippen LogP contribution is 2.40. The monoisotopic (exact) mass is 340 g/mol. The maximum absolute atomic E-state index is 11.4. The Balaban J connectivity index is 2.37. The van der Waals surface area contributed by atoms with Gasteiger partial charge in [0.25, 0.3) is 3.12 Å². The predicted molar refractivity (Wildman–Crippen MR) is 74.5 cm³/mol. The zero-order valence-corrected chi connectivity index (χ0v) is 12.7. The molecule has 0 unspecified atom stereocenters. The van der Waals surface area contributed by atoms with Crippen molar-refractivity contribution in [1.82, 2.24) is 4.31 Å². The Bertz CT molecular complexity index is 289. The standard InChI is InChI=1S/C6H7Cl3N2O2S3/c1-11(16-6(7,8)9)5(12)13-10-4-2-14-3-15-4/h2-3H2,1H3. The van der Waals surface area contributed by atoms with Crippen molar-refractivity contribution in [1.29, 1.82) is 0 Å². The van der Waals surface area contributed by atoms with Gasteiger partial charge < -0.3 is 0 Å². The van der Waals surface area contributed by atoms with Gasteiger partial charge in [-0.15, -0.1) is 11.8 Å². The van der Waals surface area contributed by atoms with Gasteiger partial charge in [0.2, 0.25) is 0 Å². The van der Waals surface area contributed by atoms with Crippen LogP contribution in [0.5, 0.6) is 0 Å². The minimum Gasteiger partial charge on any atom is -0.296 e. The number of hydrogen-bond acceptors (Lipinski definition) is 6. The normalized spacial score (nSPS) is 18.9. The lowest BCUT2D eigenvalue weighted by molar-refractivity contribution is 0.137. The molecular formula is C6H7Cl3N2O2S3. The molecular weight excluding hydrogens is 335 g/mol. The molecule has 0 aromatic heterocycles. The average Bonchev–Trinajstić information content (AvgIpc) is 2.63. The van der Waals surface area contributed by atoms with Crippen molar-refractivity contribution in [2.75, 3.05) is 17.9 Å². The third-order valence-corrected chi connectivity index (χ3v) is 4.86. The van der Waals surface area contributed by atoms with Crippen molar-refractivity contribution < 1.29 is 9.63 Å². The molecule has 10 heteroatoms. The molecule has 4 nitrogen and oxygen atoms in total. The molecule has 0 saturated carbocycles. The first-order valence-electron chi connectivity index (χ1n) is 3.86. The highest BCUT2D eigenvalue weighted by molar-refractivity contribution is 8.29. The molecule has 0 aliphatic carbocycles. The van der Waals surface area contributed by atoms with E-state index in [-0.39, 0.29) is 0 Å². The summed E-state index contributed by atoms with van der Waals surface area (Å²) in [6, 6.07) is 0. The first-order valence-corrected chi connectivity index (χ1v) is 7.91. The van der Waals surface area contributed by atoms with E-state index in [1.807, 2.05) is 0 Å². The summed E-state index contributed by atoms with van der Waals surface area (Å²) in [5.41, 5.74) is 0. The molecule has 1 rings (SSSR count). The number of alkyl halides is 3. The number of nitrogens with zero attached hydrogens (tertiary/aromatic N) is 2. The number of hydrogen-bond donors (Lipinski definition) is 0. The number of rotatable bonds is 2. The first-order chi connectivity index (χ1) is 7.38. The highest BCUT2D eigenvalue weighted by atomic mass is 35.6. The summed E-state index contributed by atoms with van der Waals surface area (Å²) in [4.78, 5) is 16.0. The highest BCUT2D eigenvalue weighted by Gasteiger charge is 2.27. The second-order valence-corrected chi connectivity index (χ2v) is 9.18. The van der Waals surface area contributed by atoms with Crippen molar-refractivity contribution in [2.45, 2.75) is 3.12 Å². The van der Waals surface area contributed by atoms with Gasteiger partial charge in [-0.25, -0.2) is 9.10 Å². The van der Waals surface area contributed by atoms with E-state index < -0.39 is 9.22 Å². The van der Waals surface area contributed by atoms with Gasteiger partial charge in [-0.2, -0.15) is 0 Å². The first kappa shape index (κ1) is 14.9. The van der Waals surface area contributed by atoms with E-state index in [2.05, 4.69) is 9.99 Å². The molecule has 0 radical (unpaired) electrons. The van der Waals surface area contributed by atoms with Gasteiger partial charge in [0, 0.05) is 29.8 Å². The van der Waals surface area contributed by atoms with Crippen LogP contribution in [0.3, 0.4) is 0 Å². The van der Waals surface area contributed by atoms with Gasteiger partial charge in [0.15, 0.2) is 0 Å². The van der Waals surface area contributed by atoms with Gasteiger partial charge in [0.05, 0.1) is 0 Å². The van der Waals surface area contributed by atoms with E-state index in [0.717, 1.165) is 32.1 Å². The lowest BCUT2D eigenvalue weighted by Gasteiger charge is -2.17. The number of amides is 1. The number of carbonyl (C=O) groups excluding carboxylic acids is 1. The second-order valence-electron chi connectivity index (χ2n) is 2.49. The van der Waals surface area contributed by atoms with E-state index in [1.165, 1.54) is 7.05 Å². The summed E-state index contributed by atoms with van der Waals surface area (Å²) in [6.07, 6.45) is -0.679. The SMILES string of the molecule is CN(SC(Cl)(Cl)Cl)C(=O)ON=C1CSCS1. The summed E-state index contributed by atoms with van der Waals surface area (Å²) in [6.45, 7) is 0. The van der Waals surface area contributed by atoms with Crippen molar-refractivity contribution in [3.63, 3.8) is 0 Å². The van der Waals surface area contributed by atoms with Crippen LogP contribution in [0.15, 0.2) is 5.16 Å². The van der Waals surface area contributed by atoms with Crippen LogP contribution in [-0.4, -0.2) is 36.5 Å². The van der Waals surface area contributed by atoms with Gasteiger partial charge in [-0.05, 0) is 0 Å². The minimum absolute atomic E-state index is 0.679. The number of thioether (sulfide) groups is 2. The Labute approximate surface area is 121 Å². The van der Waals surface area contributed by atoms with E-state index in [0.29, 0.717) is 0 Å². The molecule has 1 aliphatic heterocycles. The fourth-order valence-corrected chi connectivity index (χ4v) is 4.13. The Kier molecular flexibility index (Phi) is 6.25. The zero-order chi connectivity index (χ0) is 12.2. The topological polar surface area (TPSA) is 41.9 Å². The third-order valence-electron chi connectivity index (χ3n) is 1.26. The van der Waals surface area contributed by atoms with E-state index in [9.17, 15) is 4.79 Å². The maximum atomic E-state index is 11.4. The van der Waals surface area contributed by atoms with E-state index in [4.69, 9.17) is 34.8 Å². The largest absolute Gasteiger partial charge is 0.445 e. The van der Waals surface area contributed by atoms with Crippen LogP contribution >= 0.6 is 70.3 Å². The van der Waals surface area contributed by atoms with Crippen molar-refractivity contribution in [2.24, 2.45) is 5.16 Å². The summed E-state index contributed by atoms with van der Waals surface area (Å²) >= 11 is 20.5. The lowest BCUT2D eigenvalue weighted by Crippen LogP contribution is -2.22. The number of carbonyl (C=O) groups is 1. The van der Waals surface area contributed by atoms with Crippen LogP contribution in [0, 0.1) is 0 Å². The van der Waals surface area contributed by atoms with Crippen LogP contribution in [0.2, 0.25) is 0 Å². The predicted octanol–water partition coefficient (Wildman–Crippen LogP) is 3.78. The molecule has 0 aromatic rings. The minimum atomic E-state index is -1.60. The van der Waals surface area contributed by atoms with E-state index >= 15 is 0 Å². The Morgan fingerprint density at radius 2 is 2.31 bits per heavy atom. The summed E-state index contributed by atoms with van der Waals surface area (Å²) in [5, 5.41) is 5.41. The molecule has 0 N–H and O–H groups in total. The molecule has 16 heavy (non-hydrogen) atoms. The smallest absolute Gasteiger partial charge is 0.296 e. The van der Waals surface area contributed by atoms with Crippen LogP contribution < -0.4 is 0 Å². The molecule has 0 spiro atoms. The second kappa shape index (κ2) is 6.70. The molecule has 1 saturated heterocycles. The summed E-state index contributed by atoms with van der Waals surface area (Å²) < 4.78 is -0.525. The Morgan fingerprint density at radius 3 is 2.81 bits per heavy atom. The molecule has 92 valence electrons. The molecule has 1 fully saturated rings. The Morgan fingerprint density at radius 1 is 1.62 bits per heavy atom. The molecule has 0 bridgehead atoms. The van der Waals surface area contributed by atoms with Gasteiger partial charge in [-0.1, -0.05) is 51.7 Å². The van der Waals surface area contributed by atoms with Gasteiger partial charge in [0.1, 0.15) is 5.04 Å². The number of oxime groups is 1. The molecule has 1 aliphatic rings. The van der Waals surface area contributed by atoms with Crippen LogP contribution in [-0.2, 0) is 4.84 Å². The number of halogens is 3. The molecule has 1 amide bonds. The average molecular weight is 342 g/mol. The van der Waals surface area contributed by atoms with Crippen molar-refractivity contribution in [3.05, 3.63) is 0 Å². The van der Waals surface area contributed by atoms with Crippen LogP contribution in [0.25, 0.3) is 0 Å². The quantitative estimate of drug-likeness (QED) is 0.331. The zero-order valence-electron chi connectivity index (χ0n) is 7.98. The fourth-order valence-electron chi connectivity index (χ4n) is 0.673. The fraction of sp³-hybridized carbons (Fsp3) is 0.667. The summed E-state index contributed by atoms with van der Waals surface area (Å²) in [7, 11) is 1.44. The molecule has 0 atom stereocenters. The van der Waals surface area contributed by atoms with Crippen molar-refractivity contribution >= 4 is 81.4 Å². The van der Waals surface area contributed by atoms with Crippen LogP contribution in [0.1, 0.15) is 0 Å². The summed E-state index contributed by atoms with van der Waals surface area (Å²) in [5.74, 6) is 0.763. The van der Waals surface area contributed by atoms with Gasteiger partial charge >= 0.3 is 6.09 Å². The lowest BCUT2D eigenvalue weighted by atomic mass is 10.9.